The summed E-state index contributed by atoms with van der Waals surface area (Å²) in [7, 11) is 0. The summed E-state index contributed by atoms with van der Waals surface area (Å²) in [6.07, 6.45) is 1.33. The van der Waals surface area contributed by atoms with Crippen molar-refractivity contribution in [3.05, 3.63) is 56.5 Å². The second-order valence-corrected chi connectivity index (χ2v) is 8.50. The smallest absolute Gasteiger partial charge is 0.344 e. The van der Waals surface area contributed by atoms with E-state index in [0.29, 0.717) is 21.7 Å². The molecule has 2 aromatic carbocycles. The van der Waals surface area contributed by atoms with Gasteiger partial charge >= 0.3 is 12.0 Å². The van der Waals surface area contributed by atoms with E-state index in [9.17, 15) is 19.2 Å². The third-order valence-corrected chi connectivity index (χ3v) is 5.92. The lowest BCUT2D eigenvalue weighted by Crippen LogP contribution is -2.54. The highest BCUT2D eigenvalue weighted by molar-refractivity contribution is 9.10. The Kier molecular flexibility index (Phi) is 8.52. The van der Waals surface area contributed by atoms with Crippen LogP contribution in [-0.4, -0.2) is 43.6 Å². The van der Waals surface area contributed by atoms with Crippen molar-refractivity contribution in [1.29, 1.82) is 0 Å². The van der Waals surface area contributed by atoms with Gasteiger partial charge in [-0.1, -0.05) is 33.6 Å². The van der Waals surface area contributed by atoms with Crippen molar-refractivity contribution >= 4 is 63.1 Å². The molecular formula is C24H22BrClN2O7. The molecular weight excluding hydrogens is 544 g/mol. The van der Waals surface area contributed by atoms with Gasteiger partial charge in [-0.15, -0.1) is 0 Å². The first kappa shape index (κ1) is 26.2. The predicted molar refractivity (Wildman–Crippen MR) is 133 cm³/mol. The van der Waals surface area contributed by atoms with Crippen molar-refractivity contribution in [2.75, 3.05) is 24.7 Å². The number of carbonyl (C=O) groups is 4. The molecule has 0 radical (unpaired) electrons. The third kappa shape index (κ3) is 6.01. The maximum Gasteiger partial charge on any atom is 0.344 e. The minimum Gasteiger partial charge on any atom is -0.490 e. The molecule has 184 valence electrons. The Labute approximate surface area is 215 Å². The van der Waals surface area contributed by atoms with Crippen LogP contribution in [-0.2, 0) is 19.1 Å². The Morgan fingerprint density at radius 1 is 1.09 bits per heavy atom. The molecule has 4 amide bonds. The number of hydrogen-bond donors (Lipinski definition) is 1. The van der Waals surface area contributed by atoms with Gasteiger partial charge in [0.1, 0.15) is 5.57 Å². The highest BCUT2D eigenvalue weighted by atomic mass is 79.9. The van der Waals surface area contributed by atoms with Crippen molar-refractivity contribution in [2.45, 2.75) is 20.8 Å². The molecule has 0 aromatic heterocycles. The first-order valence-electron chi connectivity index (χ1n) is 10.6. The van der Waals surface area contributed by atoms with Gasteiger partial charge < -0.3 is 14.2 Å². The fourth-order valence-corrected chi connectivity index (χ4v) is 3.76. The molecule has 1 aliphatic heterocycles. The minimum absolute atomic E-state index is 0.221. The number of aryl methyl sites for hydroxylation is 1. The number of nitrogens with zero attached hydrogens (tertiary/aromatic N) is 1. The number of amides is 4. The monoisotopic (exact) mass is 564 g/mol. The summed E-state index contributed by atoms with van der Waals surface area (Å²) in [5, 5.41) is 2.54. The summed E-state index contributed by atoms with van der Waals surface area (Å²) in [5.41, 5.74) is 1.12. The molecule has 0 bridgehead atoms. The average Bonchev–Trinajstić information content (AvgIpc) is 2.79. The van der Waals surface area contributed by atoms with Gasteiger partial charge in [0.05, 0.1) is 18.9 Å². The summed E-state index contributed by atoms with van der Waals surface area (Å²) >= 11 is 9.55. The zero-order chi connectivity index (χ0) is 25.7. The quantitative estimate of drug-likeness (QED) is 0.287. The van der Waals surface area contributed by atoms with E-state index in [1.165, 1.54) is 12.1 Å². The fraction of sp³-hybridized carbons (Fsp3) is 0.250. The minimum atomic E-state index is -0.881. The van der Waals surface area contributed by atoms with Crippen LogP contribution < -0.4 is 19.7 Å². The molecule has 0 unspecified atom stereocenters. The van der Waals surface area contributed by atoms with Gasteiger partial charge in [0.15, 0.2) is 18.1 Å². The number of rotatable bonds is 8. The van der Waals surface area contributed by atoms with Crippen LogP contribution in [0, 0.1) is 6.92 Å². The van der Waals surface area contributed by atoms with Crippen molar-refractivity contribution < 1.29 is 33.4 Å². The van der Waals surface area contributed by atoms with Crippen LogP contribution in [0.3, 0.4) is 0 Å². The number of ether oxygens (including phenoxy) is 3. The van der Waals surface area contributed by atoms with Crippen molar-refractivity contribution in [1.82, 2.24) is 5.32 Å². The summed E-state index contributed by atoms with van der Waals surface area (Å²) in [6.45, 7) is 5.44. The number of anilines is 1. The molecule has 1 saturated heterocycles. The standard InChI is InChI=1S/C24H22BrClN2O7/c1-4-33-19-9-14(17(25)11-20(19)35-12-21(29)34-5-2)8-16-22(30)27-24(32)28(23(16)31)15-7-6-13(3)18(26)10-15/h6-11H,4-5,12H2,1-3H3,(H,27,30,32)/b16-8-. The third-order valence-electron chi connectivity index (χ3n) is 4.83. The Morgan fingerprint density at radius 2 is 1.80 bits per heavy atom. The lowest BCUT2D eigenvalue weighted by molar-refractivity contribution is -0.145. The van der Waals surface area contributed by atoms with Gasteiger partial charge in [-0.2, -0.15) is 0 Å². The summed E-state index contributed by atoms with van der Waals surface area (Å²) in [4.78, 5) is 50.7. The number of esters is 1. The van der Waals surface area contributed by atoms with Crippen LogP contribution in [0.15, 0.2) is 40.4 Å². The molecule has 1 heterocycles. The molecule has 1 N–H and O–H groups in total. The van der Waals surface area contributed by atoms with E-state index < -0.39 is 23.8 Å². The van der Waals surface area contributed by atoms with Crippen molar-refractivity contribution in [2.24, 2.45) is 0 Å². The molecule has 0 saturated carbocycles. The summed E-state index contributed by atoms with van der Waals surface area (Å²) < 4.78 is 16.4. The maximum absolute atomic E-state index is 13.2. The van der Waals surface area contributed by atoms with Gasteiger partial charge in [0, 0.05) is 9.50 Å². The highest BCUT2D eigenvalue weighted by Crippen LogP contribution is 2.36. The lowest BCUT2D eigenvalue weighted by Gasteiger charge is -2.26. The number of hydrogen-bond acceptors (Lipinski definition) is 7. The Hall–Kier alpha value is -3.37. The fourth-order valence-electron chi connectivity index (χ4n) is 3.15. The lowest BCUT2D eigenvalue weighted by atomic mass is 10.1. The number of halogens is 2. The number of urea groups is 1. The molecule has 0 atom stereocenters. The normalized spacial score (nSPS) is 14.7. The molecule has 1 aliphatic rings. The second kappa shape index (κ2) is 11.4. The number of benzene rings is 2. The number of carbonyl (C=O) groups excluding carboxylic acids is 4. The Morgan fingerprint density at radius 3 is 2.46 bits per heavy atom. The molecule has 35 heavy (non-hydrogen) atoms. The van der Waals surface area contributed by atoms with Gasteiger partial charge in [-0.05, 0) is 62.2 Å². The van der Waals surface area contributed by atoms with Crippen LogP contribution >= 0.6 is 27.5 Å². The van der Waals surface area contributed by atoms with Gasteiger partial charge in [-0.25, -0.2) is 14.5 Å². The molecule has 9 nitrogen and oxygen atoms in total. The van der Waals surface area contributed by atoms with E-state index >= 15 is 0 Å². The van der Waals surface area contributed by atoms with Crippen LogP contribution in [0.5, 0.6) is 11.5 Å². The number of nitrogens with one attached hydrogen (secondary N) is 1. The van der Waals surface area contributed by atoms with Crippen LogP contribution in [0.1, 0.15) is 25.0 Å². The van der Waals surface area contributed by atoms with Gasteiger partial charge in [0.2, 0.25) is 0 Å². The largest absolute Gasteiger partial charge is 0.490 e. The van der Waals surface area contributed by atoms with Crippen molar-refractivity contribution in [3.63, 3.8) is 0 Å². The van der Waals surface area contributed by atoms with Crippen LogP contribution in [0.25, 0.3) is 6.08 Å². The van der Waals surface area contributed by atoms with E-state index in [1.807, 2.05) is 0 Å². The van der Waals surface area contributed by atoms with E-state index in [-0.39, 0.29) is 36.0 Å². The molecule has 1 fully saturated rings. The second-order valence-electron chi connectivity index (χ2n) is 7.24. The molecule has 3 rings (SSSR count). The molecule has 0 spiro atoms. The van der Waals surface area contributed by atoms with Crippen molar-refractivity contribution in [3.8, 4) is 11.5 Å². The zero-order valence-corrected chi connectivity index (χ0v) is 21.5. The first-order valence-corrected chi connectivity index (χ1v) is 11.8. The summed E-state index contributed by atoms with van der Waals surface area (Å²) in [5.74, 6) is -1.65. The Balaban J connectivity index is 1.97. The number of barbiturate groups is 1. The zero-order valence-electron chi connectivity index (χ0n) is 19.1. The van der Waals surface area contributed by atoms with E-state index in [4.69, 9.17) is 25.8 Å². The van der Waals surface area contributed by atoms with Gasteiger partial charge in [-0.3, -0.25) is 14.9 Å². The SMILES string of the molecule is CCOC(=O)COc1cc(Br)c(/C=C2/C(=O)NC(=O)N(c3ccc(C)c(Cl)c3)C2=O)cc1OCC. The maximum atomic E-state index is 13.2. The Bertz CT molecular complexity index is 1230. The topological polar surface area (TPSA) is 111 Å². The number of imide groups is 2. The van der Waals surface area contributed by atoms with E-state index in [2.05, 4.69) is 21.2 Å². The average molecular weight is 566 g/mol. The van der Waals surface area contributed by atoms with E-state index in [0.717, 1.165) is 10.5 Å². The van der Waals surface area contributed by atoms with Crippen LogP contribution in [0.4, 0.5) is 10.5 Å². The molecule has 0 aliphatic carbocycles. The predicted octanol–water partition coefficient (Wildman–Crippen LogP) is 4.42. The molecule has 2 aromatic rings. The van der Waals surface area contributed by atoms with Crippen LogP contribution in [0.2, 0.25) is 5.02 Å². The summed E-state index contributed by atoms with van der Waals surface area (Å²) in [6, 6.07) is 6.91. The molecule has 11 heteroatoms. The first-order chi connectivity index (χ1) is 16.7. The van der Waals surface area contributed by atoms with E-state index in [1.54, 1.807) is 45.0 Å². The highest BCUT2D eigenvalue weighted by Gasteiger charge is 2.37. The van der Waals surface area contributed by atoms with Gasteiger partial charge in [0.25, 0.3) is 11.8 Å².